The van der Waals surface area contributed by atoms with Crippen molar-refractivity contribution in [2.75, 3.05) is 6.61 Å². The van der Waals surface area contributed by atoms with Gasteiger partial charge < -0.3 is 4.74 Å². The molecule has 1 heterocycles. The molecule has 84 valence electrons. The van der Waals surface area contributed by atoms with Crippen LogP contribution in [0.2, 0.25) is 0 Å². The third-order valence-electron chi connectivity index (χ3n) is 3.06. The topological polar surface area (TPSA) is 45.9 Å². The van der Waals surface area contributed by atoms with E-state index in [-0.39, 0.29) is 0 Å². The third kappa shape index (κ3) is 2.96. The first-order valence-electron chi connectivity index (χ1n) is 5.87. The maximum Gasteiger partial charge on any atom is 0.144 e. The van der Waals surface area contributed by atoms with E-state index >= 15 is 0 Å². The molecule has 2 rings (SSSR count). The standard InChI is InChI=1S/C13H16N2O/c14-9-12-8-13(6-7-15-12)16-10-11-4-2-1-3-5-11/h6-8,11H,1-5,10H2. The molecule has 0 radical (unpaired) electrons. The predicted octanol–water partition coefficient (Wildman–Crippen LogP) is 2.91. The first kappa shape index (κ1) is 10.9. The Labute approximate surface area is 96.1 Å². The fourth-order valence-electron chi connectivity index (χ4n) is 2.13. The molecule has 3 nitrogen and oxygen atoms in total. The first-order valence-corrected chi connectivity index (χ1v) is 5.87. The lowest BCUT2D eigenvalue weighted by atomic mass is 9.90. The highest BCUT2D eigenvalue weighted by Crippen LogP contribution is 2.24. The molecule has 0 bridgehead atoms. The number of nitrogens with zero attached hydrogens (tertiary/aromatic N) is 2. The lowest BCUT2D eigenvalue weighted by molar-refractivity contribution is 0.208. The minimum atomic E-state index is 0.418. The van der Waals surface area contributed by atoms with Crippen molar-refractivity contribution in [3.63, 3.8) is 0 Å². The first-order chi connectivity index (χ1) is 7.88. The molecule has 0 aliphatic heterocycles. The summed E-state index contributed by atoms with van der Waals surface area (Å²) in [5.41, 5.74) is 0.418. The summed E-state index contributed by atoms with van der Waals surface area (Å²) in [6.07, 6.45) is 8.19. The molecular weight excluding hydrogens is 200 g/mol. The van der Waals surface area contributed by atoms with E-state index in [0.717, 1.165) is 12.4 Å². The Bertz CT molecular complexity index is 378. The van der Waals surface area contributed by atoms with Crippen molar-refractivity contribution in [3.8, 4) is 11.8 Å². The van der Waals surface area contributed by atoms with Crippen molar-refractivity contribution in [1.82, 2.24) is 4.98 Å². The van der Waals surface area contributed by atoms with E-state index < -0.39 is 0 Å². The number of pyridine rings is 1. The summed E-state index contributed by atoms with van der Waals surface area (Å²) in [5, 5.41) is 8.71. The van der Waals surface area contributed by atoms with Gasteiger partial charge in [0.15, 0.2) is 0 Å². The monoisotopic (exact) mass is 216 g/mol. The summed E-state index contributed by atoms with van der Waals surface area (Å²) in [7, 11) is 0. The Kier molecular flexibility index (Phi) is 3.76. The summed E-state index contributed by atoms with van der Waals surface area (Å²) >= 11 is 0. The van der Waals surface area contributed by atoms with Crippen LogP contribution in [0.25, 0.3) is 0 Å². The van der Waals surface area contributed by atoms with Crippen molar-refractivity contribution < 1.29 is 4.74 Å². The van der Waals surface area contributed by atoms with Gasteiger partial charge in [0, 0.05) is 12.3 Å². The zero-order chi connectivity index (χ0) is 11.2. The van der Waals surface area contributed by atoms with Crippen LogP contribution in [-0.4, -0.2) is 11.6 Å². The van der Waals surface area contributed by atoms with Crippen LogP contribution in [0.4, 0.5) is 0 Å². The van der Waals surface area contributed by atoms with E-state index in [4.69, 9.17) is 10.00 Å². The van der Waals surface area contributed by atoms with Gasteiger partial charge in [-0.1, -0.05) is 19.3 Å². The van der Waals surface area contributed by atoms with Gasteiger partial charge in [-0.2, -0.15) is 5.26 Å². The molecule has 1 aromatic heterocycles. The minimum absolute atomic E-state index is 0.418. The van der Waals surface area contributed by atoms with E-state index in [2.05, 4.69) is 4.98 Å². The summed E-state index contributed by atoms with van der Waals surface area (Å²) in [4.78, 5) is 3.91. The van der Waals surface area contributed by atoms with Crippen molar-refractivity contribution in [3.05, 3.63) is 24.0 Å². The molecule has 1 saturated carbocycles. The second-order valence-corrected chi connectivity index (χ2v) is 4.30. The Hall–Kier alpha value is -1.56. The van der Waals surface area contributed by atoms with Crippen molar-refractivity contribution >= 4 is 0 Å². The van der Waals surface area contributed by atoms with Gasteiger partial charge in [-0.3, -0.25) is 0 Å². The number of ether oxygens (including phenoxy) is 1. The lowest BCUT2D eigenvalue weighted by Gasteiger charge is -2.21. The van der Waals surface area contributed by atoms with Gasteiger partial charge in [0.25, 0.3) is 0 Å². The van der Waals surface area contributed by atoms with Crippen LogP contribution in [0.1, 0.15) is 37.8 Å². The van der Waals surface area contributed by atoms with Crippen LogP contribution >= 0.6 is 0 Å². The number of hydrogen-bond donors (Lipinski definition) is 0. The molecule has 0 unspecified atom stereocenters. The van der Waals surface area contributed by atoms with E-state index in [0.29, 0.717) is 11.6 Å². The van der Waals surface area contributed by atoms with Crippen molar-refractivity contribution in [2.45, 2.75) is 32.1 Å². The molecule has 0 N–H and O–H groups in total. The molecule has 0 spiro atoms. The van der Waals surface area contributed by atoms with E-state index in [1.807, 2.05) is 12.1 Å². The number of rotatable bonds is 3. The van der Waals surface area contributed by atoms with Gasteiger partial charge >= 0.3 is 0 Å². The fraction of sp³-hybridized carbons (Fsp3) is 0.538. The van der Waals surface area contributed by atoms with Gasteiger partial charge in [-0.15, -0.1) is 0 Å². The zero-order valence-corrected chi connectivity index (χ0v) is 9.35. The Morgan fingerprint density at radius 2 is 2.19 bits per heavy atom. The number of aromatic nitrogens is 1. The van der Waals surface area contributed by atoms with Crippen LogP contribution in [-0.2, 0) is 0 Å². The average Bonchev–Trinajstić information content (AvgIpc) is 2.38. The largest absolute Gasteiger partial charge is 0.493 e. The average molecular weight is 216 g/mol. The highest BCUT2D eigenvalue weighted by molar-refractivity contribution is 5.29. The Morgan fingerprint density at radius 1 is 1.38 bits per heavy atom. The Balaban J connectivity index is 1.86. The van der Waals surface area contributed by atoms with Crippen molar-refractivity contribution in [1.29, 1.82) is 5.26 Å². The van der Waals surface area contributed by atoms with Gasteiger partial charge in [0.2, 0.25) is 0 Å². The van der Waals surface area contributed by atoms with Gasteiger partial charge in [-0.25, -0.2) is 4.98 Å². The third-order valence-corrected chi connectivity index (χ3v) is 3.06. The van der Waals surface area contributed by atoms with Gasteiger partial charge in [-0.05, 0) is 24.8 Å². The Morgan fingerprint density at radius 3 is 2.94 bits per heavy atom. The highest BCUT2D eigenvalue weighted by atomic mass is 16.5. The summed E-state index contributed by atoms with van der Waals surface area (Å²) in [6.45, 7) is 0.773. The molecule has 16 heavy (non-hydrogen) atoms. The maximum atomic E-state index is 8.71. The van der Waals surface area contributed by atoms with E-state index in [1.54, 1.807) is 12.3 Å². The zero-order valence-electron chi connectivity index (χ0n) is 9.35. The summed E-state index contributed by atoms with van der Waals surface area (Å²) < 4.78 is 5.70. The SMILES string of the molecule is N#Cc1cc(OCC2CCCCC2)ccn1. The van der Waals surface area contributed by atoms with Crippen LogP contribution in [0, 0.1) is 17.2 Å². The molecule has 1 aliphatic rings. The predicted molar refractivity (Wildman–Crippen MR) is 61.0 cm³/mol. The van der Waals surface area contributed by atoms with E-state index in [1.165, 1.54) is 32.1 Å². The molecule has 0 amide bonds. The second kappa shape index (κ2) is 5.50. The minimum Gasteiger partial charge on any atom is -0.493 e. The van der Waals surface area contributed by atoms with Crippen LogP contribution < -0.4 is 4.74 Å². The van der Waals surface area contributed by atoms with Gasteiger partial charge in [0.05, 0.1) is 6.61 Å². The number of hydrogen-bond acceptors (Lipinski definition) is 3. The van der Waals surface area contributed by atoms with Crippen LogP contribution in [0.15, 0.2) is 18.3 Å². The molecular formula is C13H16N2O. The molecule has 0 aromatic carbocycles. The summed E-state index contributed by atoms with van der Waals surface area (Å²) in [5.74, 6) is 1.45. The molecule has 1 aromatic rings. The smallest absolute Gasteiger partial charge is 0.144 e. The second-order valence-electron chi connectivity index (χ2n) is 4.30. The normalized spacial score (nSPS) is 16.7. The van der Waals surface area contributed by atoms with Crippen molar-refractivity contribution in [2.24, 2.45) is 5.92 Å². The quantitative estimate of drug-likeness (QED) is 0.780. The van der Waals surface area contributed by atoms with E-state index in [9.17, 15) is 0 Å². The van der Waals surface area contributed by atoms with Crippen LogP contribution in [0.5, 0.6) is 5.75 Å². The maximum absolute atomic E-state index is 8.71. The molecule has 0 atom stereocenters. The highest BCUT2D eigenvalue weighted by Gasteiger charge is 2.13. The molecule has 1 fully saturated rings. The summed E-state index contributed by atoms with van der Waals surface area (Å²) in [6, 6.07) is 5.52. The molecule has 0 saturated heterocycles. The molecule has 3 heteroatoms. The van der Waals surface area contributed by atoms with Crippen LogP contribution in [0.3, 0.4) is 0 Å². The fourth-order valence-corrected chi connectivity index (χ4v) is 2.13. The number of nitriles is 1. The van der Waals surface area contributed by atoms with Gasteiger partial charge in [0.1, 0.15) is 17.5 Å². The molecule has 1 aliphatic carbocycles. The lowest BCUT2D eigenvalue weighted by Crippen LogP contribution is -2.15.